The van der Waals surface area contributed by atoms with Gasteiger partial charge in [0.05, 0.1) is 6.04 Å². The van der Waals surface area contributed by atoms with Gasteiger partial charge in [0.25, 0.3) is 11.8 Å². The molecule has 3 aliphatic rings. The number of carbonyl (C=O) groups is 4. The predicted molar refractivity (Wildman–Crippen MR) is 121 cm³/mol. The molecule has 2 aromatic carbocycles. The van der Waals surface area contributed by atoms with Crippen LogP contribution in [0, 0.1) is 11.7 Å². The molecule has 0 aromatic heterocycles. The molecule has 2 atom stereocenters. The lowest BCUT2D eigenvalue weighted by molar-refractivity contribution is -0.136. The average Bonchev–Trinajstić information content (AvgIpc) is 3.08. The summed E-state index contributed by atoms with van der Waals surface area (Å²) in [5.41, 5.74) is 2.17. The van der Waals surface area contributed by atoms with Gasteiger partial charge in [-0.05, 0) is 66.6 Å². The molecule has 1 aliphatic carbocycles. The highest BCUT2D eigenvalue weighted by atomic mass is 35.5. The number of nitrogens with one attached hydrogen (secondary N) is 2. The Balaban J connectivity index is 1.35. The van der Waals surface area contributed by atoms with Crippen molar-refractivity contribution in [3.63, 3.8) is 0 Å². The minimum Gasteiger partial charge on any atom is -0.345 e. The van der Waals surface area contributed by atoms with Crippen molar-refractivity contribution in [3.05, 3.63) is 69.5 Å². The molecule has 7 nitrogen and oxygen atoms in total. The Morgan fingerprint density at radius 1 is 1.12 bits per heavy atom. The largest absolute Gasteiger partial charge is 0.345 e. The average molecular weight is 484 g/mol. The zero-order chi connectivity index (χ0) is 24.0. The molecule has 0 spiro atoms. The van der Waals surface area contributed by atoms with Crippen LogP contribution in [0.25, 0.3) is 0 Å². The molecule has 0 bridgehead atoms. The summed E-state index contributed by atoms with van der Waals surface area (Å²) >= 11 is 6.29. The molecule has 0 radical (unpaired) electrons. The van der Waals surface area contributed by atoms with E-state index in [1.807, 2.05) is 0 Å². The Hall–Kier alpha value is -3.26. The van der Waals surface area contributed by atoms with Gasteiger partial charge >= 0.3 is 0 Å². The standard InChI is InChI=1S/C25H23ClFN3O4/c26-19-11-16(27)5-7-18(19)22(13-2-1-3-13)29-23(32)14-4-6-17-15(10-14)12-30(25(17)34)20-8-9-21(31)28-24(20)33/h4-7,10-11,13,20,22H,1-3,8-9,12H2,(H,29,32)(H,28,31,33). The van der Waals surface area contributed by atoms with E-state index >= 15 is 0 Å². The molecule has 1 saturated heterocycles. The molecule has 4 amide bonds. The Kier molecular flexibility index (Phi) is 5.85. The van der Waals surface area contributed by atoms with E-state index in [0.717, 1.165) is 19.3 Å². The second-order valence-corrected chi connectivity index (χ2v) is 9.49. The van der Waals surface area contributed by atoms with Crippen LogP contribution in [-0.4, -0.2) is 34.6 Å². The number of halogens is 2. The van der Waals surface area contributed by atoms with Crippen molar-refractivity contribution in [1.29, 1.82) is 0 Å². The van der Waals surface area contributed by atoms with Gasteiger partial charge in [0.15, 0.2) is 0 Å². The fourth-order valence-electron chi connectivity index (χ4n) is 4.92. The number of carbonyl (C=O) groups excluding carboxylic acids is 4. The van der Waals surface area contributed by atoms with Crippen LogP contribution >= 0.6 is 11.6 Å². The maximum Gasteiger partial charge on any atom is 0.255 e. The van der Waals surface area contributed by atoms with Gasteiger partial charge in [-0.1, -0.05) is 24.1 Å². The molecule has 2 unspecified atom stereocenters. The van der Waals surface area contributed by atoms with Crippen molar-refractivity contribution in [2.75, 3.05) is 0 Å². The molecule has 34 heavy (non-hydrogen) atoms. The van der Waals surface area contributed by atoms with E-state index in [0.29, 0.717) is 22.3 Å². The van der Waals surface area contributed by atoms with Gasteiger partial charge in [-0.2, -0.15) is 0 Å². The lowest BCUT2D eigenvalue weighted by atomic mass is 9.77. The lowest BCUT2D eigenvalue weighted by Gasteiger charge is -2.35. The van der Waals surface area contributed by atoms with Crippen LogP contribution in [0.4, 0.5) is 4.39 Å². The summed E-state index contributed by atoms with van der Waals surface area (Å²) in [4.78, 5) is 51.2. The van der Waals surface area contributed by atoms with Crippen LogP contribution in [0.15, 0.2) is 36.4 Å². The number of fused-ring (bicyclic) bond motifs is 1. The highest BCUT2D eigenvalue weighted by Gasteiger charge is 2.39. The smallest absolute Gasteiger partial charge is 0.255 e. The first-order valence-electron chi connectivity index (χ1n) is 11.3. The molecule has 2 aromatic rings. The monoisotopic (exact) mass is 483 g/mol. The fourth-order valence-corrected chi connectivity index (χ4v) is 5.20. The topological polar surface area (TPSA) is 95.6 Å². The van der Waals surface area contributed by atoms with Crippen LogP contribution < -0.4 is 10.6 Å². The SMILES string of the molecule is O=C1CCC(N2Cc3cc(C(=O)NC(c4ccc(F)cc4Cl)C4CCC4)ccc3C2=O)C(=O)N1. The van der Waals surface area contributed by atoms with Gasteiger partial charge in [-0.15, -0.1) is 0 Å². The quantitative estimate of drug-likeness (QED) is 0.636. The molecule has 2 aliphatic heterocycles. The Labute approximate surface area is 200 Å². The summed E-state index contributed by atoms with van der Waals surface area (Å²) in [5, 5.41) is 5.61. The molecular weight excluding hydrogens is 461 g/mol. The predicted octanol–water partition coefficient (Wildman–Crippen LogP) is 3.51. The van der Waals surface area contributed by atoms with Crippen molar-refractivity contribution in [3.8, 4) is 0 Å². The van der Waals surface area contributed by atoms with Crippen LogP contribution in [0.5, 0.6) is 0 Å². The van der Waals surface area contributed by atoms with Gasteiger partial charge in [0, 0.05) is 29.1 Å². The maximum absolute atomic E-state index is 13.6. The second-order valence-electron chi connectivity index (χ2n) is 9.08. The van der Waals surface area contributed by atoms with Gasteiger partial charge in [0.2, 0.25) is 11.8 Å². The van der Waals surface area contributed by atoms with E-state index < -0.39 is 17.8 Å². The molecule has 5 rings (SSSR count). The Morgan fingerprint density at radius 2 is 1.91 bits per heavy atom. The number of imide groups is 1. The fraction of sp³-hybridized carbons (Fsp3) is 0.360. The Morgan fingerprint density at radius 3 is 2.59 bits per heavy atom. The molecule has 176 valence electrons. The van der Waals surface area contributed by atoms with E-state index in [1.54, 1.807) is 24.3 Å². The number of hydrogen-bond acceptors (Lipinski definition) is 4. The van der Waals surface area contributed by atoms with Crippen molar-refractivity contribution in [1.82, 2.24) is 15.5 Å². The van der Waals surface area contributed by atoms with Crippen molar-refractivity contribution >= 4 is 35.2 Å². The number of benzene rings is 2. The van der Waals surface area contributed by atoms with Crippen molar-refractivity contribution < 1.29 is 23.6 Å². The second kappa shape index (κ2) is 8.83. The first kappa shape index (κ1) is 22.5. The van der Waals surface area contributed by atoms with E-state index in [-0.39, 0.29) is 54.1 Å². The summed E-state index contributed by atoms with van der Waals surface area (Å²) < 4.78 is 13.6. The molecule has 1 saturated carbocycles. The summed E-state index contributed by atoms with van der Waals surface area (Å²) in [7, 11) is 0. The van der Waals surface area contributed by atoms with E-state index in [1.165, 1.54) is 17.0 Å². The summed E-state index contributed by atoms with van der Waals surface area (Å²) in [6, 6.07) is 8.00. The summed E-state index contributed by atoms with van der Waals surface area (Å²) in [5.74, 6) is -1.64. The number of piperidine rings is 1. The zero-order valence-corrected chi connectivity index (χ0v) is 19.0. The first-order valence-corrected chi connectivity index (χ1v) is 11.7. The molecule has 9 heteroatoms. The maximum atomic E-state index is 13.6. The molecule has 2 N–H and O–H groups in total. The Bertz CT molecular complexity index is 1210. The van der Waals surface area contributed by atoms with Crippen molar-refractivity contribution in [2.24, 2.45) is 5.92 Å². The van der Waals surface area contributed by atoms with Gasteiger partial charge < -0.3 is 10.2 Å². The normalized spacial score (nSPS) is 21.1. The molecular formula is C25H23ClFN3O4. The van der Waals surface area contributed by atoms with Crippen LogP contribution in [0.2, 0.25) is 5.02 Å². The zero-order valence-electron chi connectivity index (χ0n) is 18.3. The third kappa shape index (κ3) is 4.07. The summed E-state index contributed by atoms with van der Waals surface area (Å²) in [6.07, 6.45) is 3.40. The molecule has 2 fully saturated rings. The van der Waals surface area contributed by atoms with E-state index in [9.17, 15) is 23.6 Å². The van der Waals surface area contributed by atoms with Gasteiger partial charge in [0.1, 0.15) is 11.9 Å². The van der Waals surface area contributed by atoms with Crippen LogP contribution in [0.1, 0.15) is 70.0 Å². The van der Waals surface area contributed by atoms with E-state index in [4.69, 9.17) is 11.6 Å². The minimum atomic E-state index is -0.710. The highest BCUT2D eigenvalue weighted by Crippen LogP contribution is 2.40. The van der Waals surface area contributed by atoms with Crippen LogP contribution in [0.3, 0.4) is 0 Å². The van der Waals surface area contributed by atoms with Crippen LogP contribution in [-0.2, 0) is 16.1 Å². The van der Waals surface area contributed by atoms with Gasteiger partial charge in [-0.3, -0.25) is 24.5 Å². The number of amides is 4. The molecule has 2 heterocycles. The number of nitrogens with zero attached hydrogens (tertiary/aromatic N) is 1. The lowest BCUT2D eigenvalue weighted by Crippen LogP contribution is -2.52. The number of hydrogen-bond donors (Lipinski definition) is 2. The summed E-state index contributed by atoms with van der Waals surface area (Å²) in [6.45, 7) is 0.192. The third-order valence-corrected chi connectivity index (χ3v) is 7.32. The van der Waals surface area contributed by atoms with Crippen molar-refractivity contribution in [2.45, 2.75) is 50.7 Å². The first-order chi connectivity index (χ1) is 16.3. The highest BCUT2D eigenvalue weighted by molar-refractivity contribution is 6.31. The van der Waals surface area contributed by atoms with E-state index in [2.05, 4.69) is 10.6 Å². The minimum absolute atomic E-state index is 0.179. The number of rotatable bonds is 5. The third-order valence-electron chi connectivity index (χ3n) is 6.99. The van der Waals surface area contributed by atoms with Gasteiger partial charge in [-0.25, -0.2) is 4.39 Å².